The number of hydrogen-bond acceptors (Lipinski definition) is 6. The first-order valence-corrected chi connectivity index (χ1v) is 8.05. The van der Waals surface area contributed by atoms with Crippen molar-refractivity contribution in [2.75, 3.05) is 32.7 Å². The predicted molar refractivity (Wildman–Crippen MR) is 77.7 cm³/mol. The second-order valence-corrected chi connectivity index (χ2v) is 5.85. The van der Waals surface area contributed by atoms with Gasteiger partial charge in [0.2, 0.25) is 0 Å². The third-order valence-electron chi connectivity index (χ3n) is 3.11. The van der Waals surface area contributed by atoms with Crippen LogP contribution in [-0.2, 0) is 20.8 Å². The molecule has 1 fully saturated rings. The lowest BCUT2D eigenvalue weighted by atomic mass is 10.3. The van der Waals surface area contributed by atoms with Crippen LogP contribution in [0.1, 0.15) is 31.0 Å². The van der Waals surface area contributed by atoms with Gasteiger partial charge in [-0.15, -0.1) is 10.2 Å². The summed E-state index contributed by atoms with van der Waals surface area (Å²) >= 11 is 1.22. The zero-order valence-corrected chi connectivity index (χ0v) is 13.0. The average molecular weight is 315 g/mol. The minimum absolute atomic E-state index is 0.00708. The Hall–Kier alpha value is -1.12. The first kappa shape index (κ1) is 16.3. The number of carbonyl (C=O) groups is 1. The van der Waals surface area contributed by atoms with E-state index in [1.807, 2.05) is 4.57 Å². The predicted octanol–water partition coefficient (Wildman–Crippen LogP) is 1.39. The molecule has 7 nitrogen and oxygen atoms in total. The van der Waals surface area contributed by atoms with E-state index >= 15 is 0 Å². The maximum Gasteiger partial charge on any atom is 0.313 e. The molecule has 118 valence electrons. The van der Waals surface area contributed by atoms with Crippen LogP contribution in [0.25, 0.3) is 0 Å². The summed E-state index contributed by atoms with van der Waals surface area (Å²) in [5.74, 6) is 0.643. The van der Waals surface area contributed by atoms with Gasteiger partial charge in [0.25, 0.3) is 0 Å². The molecular formula is C13H21N3O4S. The number of nitrogens with zero attached hydrogens (tertiary/aromatic N) is 3. The third kappa shape index (κ3) is 5.29. The van der Waals surface area contributed by atoms with Gasteiger partial charge in [-0.25, -0.2) is 0 Å². The number of aliphatic carboxylic acids is 1. The Morgan fingerprint density at radius 2 is 2.19 bits per heavy atom. The van der Waals surface area contributed by atoms with Crippen molar-refractivity contribution in [1.82, 2.24) is 14.8 Å². The zero-order chi connectivity index (χ0) is 15.1. The molecule has 0 unspecified atom stereocenters. The van der Waals surface area contributed by atoms with Gasteiger partial charge < -0.3 is 19.1 Å². The van der Waals surface area contributed by atoms with E-state index in [9.17, 15) is 4.79 Å². The fraction of sp³-hybridized carbons (Fsp3) is 0.769. The zero-order valence-electron chi connectivity index (χ0n) is 12.2. The lowest BCUT2D eigenvalue weighted by Crippen LogP contribution is -2.10. The first-order chi connectivity index (χ1) is 10.2. The van der Waals surface area contributed by atoms with E-state index in [2.05, 4.69) is 10.2 Å². The highest BCUT2D eigenvalue weighted by Gasteiger charge is 2.30. The molecule has 0 saturated heterocycles. The highest BCUT2D eigenvalue weighted by Crippen LogP contribution is 2.40. The van der Waals surface area contributed by atoms with E-state index in [-0.39, 0.29) is 5.75 Å². The minimum atomic E-state index is -0.842. The Labute approximate surface area is 128 Å². The Kier molecular flexibility index (Phi) is 6.47. The van der Waals surface area contributed by atoms with Gasteiger partial charge in [-0.05, 0) is 19.3 Å². The molecule has 21 heavy (non-hydrogen) atoms. The topological polar surface area (TPSA) is 86.5 Å². The van der Waals surface area contributed by atoms with E-state index in [4.69, 9.17) is 14.6 Å². The maximum atomic E-state index is 10.7. The number of methoxy groups -OCH3 is 1. The van der Waals surface area contributed by atoms with E-state index in [0.717, 1.165) is 31.6 Å². The molecule has 0 aromatic carbocycles. The van der Waals surface area contributed by atoms with Crippen molar-refractivity contribution >= 4 is 17.7 Å². The molecule has 1 aliphatic carbocycles. The quantitative estimate of drug-likeness (QED) is 0.487. The Morgan fingerprint density at radius 1 is 1.38 bits per heavy atom. The van der Waals surface area contributed by atoms with Crippen molar-refractivity contribution < 1.29 is 19.4 Å². The SMILES string of the molecule is COCCOCCCn1c(SCC(=O)O)nnc1C1CC1. The monoisotopic (exact) mass is 315 g/mol. The van der Waals surface area contributed by atoms with Crippen LogP contribution in [0.15, 0.2) is 5.16 Å². The summed E-state index contributed by atoms with van der Waals surface area (Å²) in [7, 11) is 1.65. The number of carboxylic acids is 1. The van der Waals surface area contributed by atoms with E-state index in [0.29, 0.717) is 30.9 Å². The lowest BCUT2D eigenvalue weighted by molar-refractivity contribution is -0.133. The number of aromatic nitrogens is 3. The van der Waals surface area contributed by atoms with Gasteiger partial charge in [-0.2, -0.15) is 0 Å². The molecule has 0 spiro atoms. The summed E-state index contributed by atoms with van der Waals surface area (Å²) in [6.07, 6.45) is 3.14. The van der Waals surface area contributed by atoms with Gasteiger partial charge in [0.05, 0.1) is 19.0 Å². The molecule has 1 aromatic rings. The molecular weight excluding hydrogens is 294 g/mol. The normalized spacial score (nSPS) is 14.5. The van der Waals surface area contributed by atoms with E-state index in [1.54, 1.807) is 7.11 Å². The van der Waals surface area contributed by atoms with Crippen molar-refractivity contribution in [2.45, 2.75) is 36.9 Å². The van der Waals surface area contributed by atoms with Crippen LogP contribution in [0, 0.1) is 0 Å². The van der Waals surface area contributed by atoms with Gasteiger partial charge in [0.1, 0.15) is 5.82 Å². The highest BCUT2D eigenvalue weighted by atomic mass is 32.2. The lowest BCUT2D eigenvalue weighted by Gasteiger charge is -2.09. The van der Waals surface area contributed by atoms with Gasteiger partial charge in [0.15, 0.2) is 5.16 Å². The van der Waals surface area contributed by atoms with Crippen LogP contribution >= 0.6 is 11.8 Å². The molecule has 0 bridgehead atoms. The average Bonchev–Trinajstić information content (AvgIpc) is 3.22. The Morgan fingerprint density at radius 3 is 2.86 bits per heavy atom. The molecule has 1 aliphatic rings. The van der Waals surface area contributed by atoms with Gasteiger partial charge in [-0.3, -0.25) is 4.79 Å². The smallest absolute Gasteiger partial charge is 0.313 e. The van der Waals surface area contributed by atoms with E-state index in [1.165, 1.54) is 11.8 Å². The van der Waals surface area contributed by atoms with Gasteiger partial charge >= 0.3 is 5.97 Å². The first-order valence-electron chi connectivity index (χ1n) is 7.06. The van der Waals surface area contributed by atoms with Crippen molar-refractivity contribution in [1.29, 1.82) is 0 Å². The molecule has 1 saturated carbocycles. The van der Waals surface area contributed by atoms with Crippen molar-refractivity contribution in [3.63, 3.8) is 0 Å². The van der Waals surface area contributed by atoms with Crippen LogP contribution < -0.4 is 0 Å². The fourth-order valence-electron chi connectivity index (χ4n) is 1.96. The molecule has 8 heteroatoms. The van der Waals surface area contributed by atoms with Crippen molar-refractivity contribution in [3.05, 3.63) is 5.82 Å². The Bertz CT molecular complexity index is 462. The molecule has 0 atom stereocenters. The summed E-state index contributed by atoms with van der Waals surface area (Å²) in [6.45, 7) is 2.59. The van der Waals surface area contributed by atoms with Crippen LogP contribution in [0.3, 0.4) is 0 Å². The van der Waals surface area contributed by atoms with Crippen LogP contribution in [-0.4, -0.2) is 58.5 Å². The summed E-state index contributed by atoms with van der Waals surface area (Å²) in [6, 6.07) is 0. The second-order valence-electron chi connectivity index (χ2n) is 4.91. The van der Waals surface area contributed by atoms with Crippen molar-refractivity contribution in [2.24, 2.45) is 0 Å². The third-order valence-corrected chi connectivity index (χ3v) is 4.07. The molecule has 1 aromatic heterocycles. The van der Waals surface area contributed by atoms with E-state index < -0.39 is 5.97 Å². The highest BCUT2D eigenvalue weighted by molar-refractivity contribution is 7.99. The molecule has 0 aliphatic heterocycles. The largest absolute Gasteiger partial charge is 0.481 e. The summed E-state index contributed by atoms with van der Waals surface area (Å²) in [5, 5.41) is 17.8. The van der Waals surface area contributed by atoms with Crippen LogP contribution in [0.2, 0.25) is 0 Å². The number of ether oxygens (including phenoxy) is 2. The molecule has 0 radical (unpaired) electrons. The molecule has 1 N–H and O–H groups in total. The van der Waals surface area contributed by atoms with Crippen molar-refractivity contribution in [3.8, 4) is 0 Å². The molecule has 1 heterocycles. The molecule has 2 rings (SSSR count). The summed E-state index contributed by atoms with van der Waals surface area (Å²) < 4.78 is 12.4. The fourth-order valence-corrected chi connectivity index (χ4v) is 2.65. The van der Waals surface area contributed by atoms with Crippen LogP contribution in [0.5, 0.6) is 0 Å². The number of carboxylic acid groups (broad SMARTS) is 1. The van der Waals surface area contributed by atoms with Crippen LogP contribution in [0.4, 0.5) is 0 Å². The maximum absolute atomic E-state index is 10.7. The second kappa shape index (κ2) is 8.35. The summed E-state index contributed by atoms with van der Waals surface area (Å²) in [5.41, 5.74) is 0. The summed E-state index contributed by atoms with van der Waals surface area (Å²) in [4.78, 5) is 10.7. The van der Waals surface area contributed by atoms with Gasteiger partial charge in [-0.1, -0.05) is 11.8 Å². The van der Waals surface area contributed by atoms with Gasteiger partial charge in [0, 0.05) is 26.2 Å². The Balaban J connectivity index is 1.85. The standard InChI is InChI=1S/C13H21N3O4S/c1-19-7-8-20-6-2-5-16-12(10-3-4-10)14-15-13(16)21-9-11(17)18/h10H,2-9H2,1H3,(H,17,18). The number of rotatable bonds is 11. The minimum Gasteiger partial charge on any atom is -0.481 e. The molecule has 0 amide bonds. The number of thioether (sulfide) groups is 1. The number of hydrogen-bond donors (Lipinski definition) is 1.